The van der Waals surface area contributed by atoms with Crippen LogP contribution in [-0.4, -0.2) is 42.1 Å². The maximum Gasteiger partial charge on any atom is 0.317 e. The summed E-state index contributed by atoms with van der Waals surface area (Å²) in [6.07, 6.45) is 3.51. The van der Waals surface area contributed by atoms with Crippen molar-refractivity contribution in [1.82, 2.24) is 10.2 Å². The molecule has 0 saturated carbocycles. The highest BCUT2D eigenvalue weighted by molar-refractivity contribution is 7.99. The van der Waals surface area contributed by atoms with Crippen LogP contribution in [-0.2, 0) is 0 Å². The van der Waals surface area contributed by atoms with Gasteiger partial charge in [-0.2, -0.15) is 11.8 Å². The zero-order chi connectivity index (χ0) is 10.2. The molecule has 0 spiro atoms. The monoisotopic (exact) mass is 216 g/mol. The summed E-state index contributed by atoms with van der Waals surface area (Å²) in [6.45, 7) is 4.81. The Morgan fingerprint density at radius 2 is 2.07 bits per heavy atom. The number of rotatable bonds is 4. The lowest BCUT2D eigenvalue weighted by molar-refractivity contribution is 0.203. The van der Waals surface area contributed by atoms with Crippen molar-refractivity contribution in [2.75, 3.05) is 31.1 Å². The molecule has 82 valence electrons. The SMILES string of the molecule is CCCCCNC(=O)N1CCSCC1. The van der Waals surface area contributed by atoms with Crippen LogP contribution in [0.1, 0.15) is 26.2 Å². The Kier molecular flexibility index (Phi) is 5.83. The summed E-state index contributed by atoms with van der Waals surface area (Å²) in [6, 6.07) is 0.126. The van der Waals surface area contributed by atoms with E-state index < -0.39 is 0 Å². The number of amides is 2. The minimum atomic E-state index is 0.126. The highest BCUT2D eigenvalue weighted by Gasteiger charge is 2.15. The van der Waals surface area contributed by atoms with Crippen LogP contribution in [0, 0.1) is 0 Å². The van der Waals surface area contributed by atoms with E-state index in [9.17, 15) is 4.79 Å². The molecule has 1 rings (SSSR count). The minimum Gasteiger partial charge on any atom is -0.338 e. The van der Waals surface area contributed by atoms with Gasteiger partial charge >= 0.3 is 6.03 Å². The molecule has 1 aliphatic rings. The highest BCUT2D eigenvalue weighted by atomic mass is 32.2. The molecule has 1 N–H and O–H groups in total. The Balaban J connectivity index is 2.07. The van der Waals surface area contributed by atoms with E-state index in [-0.39, 0.29) is 6.03 Å². The van der Waals surface area contributed by atoms with Crippen molar-refractivity contribution in [3.8, 4) is 0 Å². The van der Waals surface area contributed by atoms with Crippen LogP contribution in [0.4, 0.5) is 4.79 Å². The van der Waals surface area contributed by atoms with Gasteiger partial charge in [-0.3, -0.25) is 0 Å². The first-order valence-electron chi connectivity index (χ1n) is 5.45. The van der Waals surface area contributed by atoms with Crippen molar-refractivity contribution in [3.05, 3.63) is 0 Å². The lowest BCUT2D eigenvalue weighted by Gasteiger charge is -2.26. The Morgan fingerprint density at radius 3 is 2.71 bits per heavy atom. The van der Waals surface area contributed by atoms with Crippen LogP contribution in [0.5, 0.6) is 0 Å². The van der Waals surface area contributed by atoms with Crippen molar-refractivity contribution in [2.45, 2.75) is 26.2 Å². The summed E-state index contributed by atoms with van der Waals surface area (Å²) in [5.41, 5.74) is 0. The van der Waals surface area contributed by atoms with E-state index in [1.165, 1.54) is 12.8 Å². The molecule has 3 nitrogen and oxygen atoms in total. The zero-order valence-electron chi connectivity index (χ0n) is 8.92. The predicted molar refractivity (Wildman–Crippen MR) is 61.8 cm³/mol. The van der Waals surface area contributed by atoms with E-state index in [0.717, 1.165) is 37.6 Å². The van der Waals surface area contributed by atoms with E-state index in [1.54, 1.807) is 0 Å². The summed E-state index contributed by atoms with van der Waals surface area (Å²) in [4.78, 5) is 13.5. The number of nitrogens with one attached hydrogen (secondary N) is 1. The van der Waals surface area contributed by atoms with Crippen molar-refractivity contribution in [2.24, 2.45) is 0 Å². The number of carbonyl (C=O) groups excluding carboxylic acids is 1. The molecule has 0 radical (unpaired) electrons. The van der Waals surface area contributed by atoms with E-state index in [1.807, 2.05) is 16.7 Å². The molecule has 14 heavy (non-hydrogen) atoms. The van der Waals surface area contributed by atoms with Gasteiger partial charge in [-0.15, -0.1) is 0 Å². The van der Waals surface area contributed by atoms with E-state index >= 15 is 0 Å². The zero-order valence-corrected chi connectivity index (χ0v) is 9.74. The Morgan fingerprint density at radius 1 is 1.36 bits per heavy atom. The third-order valence-corrected chi connectivity index (χ3v) is 3.30. The van der Waals surface area contributed by atoms with Gasteiger partial charge in [-0.1, -0.05) is 19.8 Å². The predicted octanol–water partition coefficient (Wildman–Crippen LogP) is 1.94. The van der Waals surface area contributed by atoms with Gasteiger partial charge in [0.15, 0.2) is 0 Å². The van der Waals surface area contributed by atoms with Crippen LogP contribution in [0.25, 0.3) is 0 Å². The van der Waals surface area contributed by atoms with E-state index in [0.29, 0.717) is 0 Å². The van der Waals surface area contributed by atoms with Gasteiger partial charge in [0.1, 0.15) is 0 Å². The van der Waals surface area contributed by atoms with Gasteiger partial charge in [0.25, 0.3) is 0 Å². The Labute approximate surface area is 90.6 Å². The molecule has 0 atom stereocenters. The number of unbranched alkanes of at least 4 members (excludes halogenated alkanes) is 2. The van der Waals surface area contributed by atoms with Crippen LogP contribution in [0.2, 0.25) is 0 Å². The second-order valence-electron chi connectivity index (χ2n) is 3.54. The molecule has 4 heteroatoms. The van der Waals surface area contributed by atoms with E-state index in [4.69, 9.17) is 0 Å². The Hall–Kier alpha value is -0.380. The molecule has 0 bridgehead atoms. The molecule has 0 aliphatic carbocycles. The van der Waals surface area contributed by atoms with Gasteiger partial charge in [0.2, 0.25) is 0 Å². The van der Waals surface area contributed by atoms with Crippen molar-refractivity contribution >= 4 is 17.8 Å². The lowest BCUT2D eigenvalue weighted by atomic mass is 10.2. The van der Waals surface area contributed by atoms with Crippen LogP contribution >= 0.6 is 11.8 Å². The molecule has 0 unspecified atom stereocenters. The highest BCUT2D eigenvalue weighted by Crippen LogP contribution is 2.08. The van der Waals surface area contributed by atoms with Gasteiger partial charge in [0, 0.05) is 31.1 Å². The minimum absolute atomic E-state index is 0.126. The van der Waals surface area contributed by atoms with Gasteiger partial charge < -0.3 is 10.2 Å². The van der Waals surface area contributed by atoms with Crippen molar-refractivity contribution in [1.29, 1.82) is 0 Å². The van der Waals surface area contributed by atoms with Crippen LogP contribution in [0.15, 0.2) is 0 Å². The molecular formula is C10H20N2OS. The molecule has 1 fully saturated rings. The smallest absolute Gasteiger partial charge is 0.317 e. The van der Waals surface area contributed by atoms with Gasteiger partial charge in [-0.25, -0.2) is 4.79 Å². The average molecular weight is 216 g/mol. The third kappa shape index (κ3) is 4.22. The van der Waals surface area contributed by atoms with Crippen LogP contribution < -0.4 is 5.32 Å². The molecule has 0 aromatic carbocycles. The summed E-state index contributed by atoms with van der Waals surface area (Å²) in [7, 11) is 0. The molecule has 2 amide bonds. The number of urea groups is 1. The number of hydrogen-bond acceptors (Lipinski definition) is 2. The number of nitrogens with zero attached hydrogens (tertiary/aromatic N) is 1. The topological polar surface area (TPSA) is 32.3 Å². The van der Waals surface area contributed by atoms with Crippen molar-refractivity contribution in [3.63, 3.8) is 0 Å². The fourth-order valence-electron chi connectivity index (χ4n) is 1.45. The molecule has 1 saturated heterocycles. The Bertz CT molecular complexity index is 170. The molecular weight excluding hydrogens is 196 g/mol. The third-order valence-electron chi connectivity index (χ3n) is 2.35. The quantitative estimate of drug-likeness (QED) is 0.728. The standard InChI is InChI=1S/C10H20N2OS/c1-2-3-4-5-11-10(13)12-6-8-14-9-7-12/h2-9H2,1H3,(H,11,13). The maximum atomic E-state index is 11.6. The maximum absolute atomic E-state index is 11.6. The summed E-state index contributed by atoms with van der Waals surface area (Å²) in [5, 5.41) is 2.96. The second kappa shape index (κ2) is 6.98. The van der Waals surface area contributed by atoms with Crippen LogP contribution in [0.3, 0.4) is 0 Å². The number of carbonyl (C=O) groups is 1. The number of hydrogen-bond donors (Lipinski definition) is 1. The second-order valence-corrected chi connectivity index (χ2v) is 4.76. The normalized spacial score (nSPS) is 16.8. The molecule has 1 heterocycles. The fraction of sp³-hybridized carbons (Fsp3) is 0.900. The van der Waals surface area contributed by atoms with Gasteiger partial charge in [-0.05, 0) is 6.42 Å². The van der Waals surface area contributed by atoms with Crippen molar-refractivity contribution < 1.29 is 4.79 Å². The molecule has 1 aliphatic heterocycles. The summed E-state index contributed by atoms with van der Waals surface area (Å²) >= 11 is 1.93. The number of thioether (sulfide) groups is 1. The lowest BCUT2D eigenvalue weighted by Crippen LogP contribution is -2.44. The fourth-order valence-corrected chi connectivity index (χ4v) is 2.35. The first-order valence-corrected chi connectivity index (χ1v) is 6.60. The molecule has 0 aromatic rings. The van der Waals surface area contributed by atoms with Gasteiger partial charge in [0.05, 0.1) is 0 Å². The largest absolute Gasteiger partial charge is 0.338 e. The first-order chi connectivity index (χ1) is 6.84. The van der Waals surface area contributed by atoms with E-state index in [2.05, 4.69) is 12.2 Å². The first kappa shape index (κ1) is 11.7. The summed E-state index contributed by atoms with van der Waals surface area (Å²) < 4.78 is 0. The molecule has 0 aromatic heterocycles. The average Bonchev–Trinajstić information content (AvgIpc) is 2.25. The summed E-state index contributed by atoms with van der Waals surface area (Å²) in [5.74, 6) is 2.17.